The molecule has 1 aliphatic heterocycles. The van der Waals surface area contributed by atoms with Crippen molar-refractivity contribution in [3.8, 4) is 0 Å². The van der Waals surface area contributed by atoms with E-state index >= 15 is 0 Å². The molecule has 30 heavy (non-hydrogen) atoms. The third-order valence-corrected chi connectivity index (χ3v) is 5.38. The van der Waals surface area contributed by atoms with E-state index in [1.807, 2.05) is 60.4 Å². The van der Waals surface area contributed by atoms with Crippen LogP contribution in [0.1, 0.15) is 25.0 Å². The monoisotopic (exact) mass is 409 g/mol. The summed E-state index contributed by atoms with van der Waals surface area (Å²) >= 11 is 0. The van der Waals surface area contributed by atoms with Crippen molar-refractivity contribution in [3.63, 3.8) is 0 Å². The van der Waals surface area contributed by atoms with E-state index in [0.717, 1.165) is 25.2 Å². The molecule has 0 radical (unpaired) electrons. The number of amides is 2. The average molecular weight is 410 g/mol. The summed E-state index contributed by atoms with van der Waals surface area (Å²) in [6, 6.07) is 19.5. The molecular weight excluding hydrogens is 378 g/mol. The lowest BCUT2D eigenvalue weighted by Gasteiger charge is -2.37. The van der Waals surface area contributed by atoms with E-state index in [1.165, 1.54) is 12.5 Å². The zero-order valence-electron chi connectivity index (χ0n) is 17.8. The lowest BCUT2D eigenvalue weighted by Crippen LogP contribution is -2.57. The average Bonchev–Trinajstić information content (AvgIpc) is 2.77. The minimum atomic E-state index is -0.688. The second-order valence-electron chi connectivity index (χ2n) is 7.77. The van der Waals surface area contributed by atoms with Crippen molar-refractivity contribution >= 4 is 11.8 Å². The fraction of sp³-hybridized carbons (Fsp3) is 0.417. The van der Waals surface area contributed by atoms with Crippen LogP contribution in [0.4, 0.5) is 0 Å². The van der Waals surface area contributed by atoms with Crippen LogP contribution in [0.2, 0.25) is 0 Å². The highest BCUT2D eigenvalue weighted by atomic mass is 16.5. The van der Waals surface area contributed by atoms with Gasteiger partial charge >= 0.3 is 0 Å². The summed E-state index contributed by atoms with van der Waals surface area (Å²) in [5.74, 6) is -0.309. The summed E-state index contributed by atoms with van der Waals surface area (Å²) in [6.45, 7) is 7.47. The third kappa shape index (κ3) is 6.40. The Morgan fingerprint density at radius 1 is 0.933 bits per heavy atom. The minimum Gasteiger partial charge on any atom is -0.371 e. The Bertz CT molecular complexity index is 805. The fourth-order valence-electron chi connectivity index (χ4n) is 3.66. The van der Waals surface area contributed by atoms with E-state index in [9.17, 15) is 9.59 Å². The number of piperazine rings is 1. The number of rotatable bonds is 8. The molecule has 160 valence electrons. The summed E-state index contributed by atoms with van der Waals surface area (Å²) in [6.07, 6.45) is -0.427. The Morgan fingerprint density at radius 2 is 1.50 bits per heavy atom. The first kappa shape index (κ1) is 22.0. The quantitative estimate of drug-likeness (QED) is 0.728. The first-order chi connectivity index (χ1) is 14.5. The van der Waals surface area contributed by atoms with Crippen molar-refractivity contribution in [1.82, 2.24) is 15.1 Å². The first-order valence-corrected chi connectivity index (χ1v) is 10.5. The predicted octanol–water partition coefficient (Wildman–Crippen LogP) is 2.44. The van der Waals surface area contributed by atoms with Gasteiger partial charge in [-0.2, -0.15) is 0 Å². The molecule has 0 aliphatic carbocycles. The lowest BCUT2D eigenvalue weighted by atomic mass is 10.1. The van der Waals surface area contributed by atoms with Gasteiger partial charge in [-0.25, -0.2) is 0 Å². The summed E-state index contributed by atoms with van der Waals surface area (Å²) < 4.78 is 5.93. The van der Waals surface area contributed by atoms with E-state index in [-0.39, 0.29) is 11.8 Å². The number of nitrogens with one attached hydrogen (secondary N) is 1. The Balaban J connectivity index is 1.55. The van der Waals surface area contributed by atoms with E-state index in [2.05, 4.69) is 22.3 Å². The van der Waals surface area contributed by atoms with Crippen molar-refractivity contribution < 1.29 is 14.3 Å². The van der Waals surface area contributed by atoms with Crippen LogP contribution in [0.3, 0.4) is 0 Å². The Hall–Kier alpha value is -2.70. The summed E-state index contributed by atoms with van der Waals surface area (Å²) in [5.41, 5.74) is 2.31. The minimum absolute atomic E-state index is 0.0786. The fourth-order valence-corrected chi connectivity index (χ4v) is 3.66. The highest BCUT2D eigenvalue weighted by Crippen LogP contribution is 2.13. The smallest absolute Gasteiger partial charge is 0.247 e. The molecule has 1 saturated heterocycles. The largest absolute Gasteiger partial charge is 0.371 e. The molecule has 2 unspecified atom stereocenters. The third-order valence-electron chi connectivity index (χ3n) is 5.38. The Kier molecular flexibility index (Phi) is 7.99. The van der Waals surface area contributed by atoms with E-state index < -0.39 is 12.1 Å². The molecule has 0 saturated carbocycles. The van der Waals surface area contributed by atoms with Crippen molar-refractivity contribution in [1.29, 1.82) is 0 Å². The van der Waals surface area contributed by atoms with Crippen LogP contribution in [0.5, 0.6) is 0 Å². The van der Waals surface area contributed by atoms with Gasteiger partial charge < -0.3 is 15.0 Å². The highest BCUT2D eigenvalue weighted by molar-refractivity contribution is 5.87. The van der Waals surface area contributed by atoms with Gasteiger partial charge in [-0.3, -0.25) is 14.5 Å². The van der Waals surface area contributed by atoms with Crippen molar-refractivity contribution in [2.75, 3.05) is 26.2 Å². The van der Waals surface area contributed by atoms with Gasteiger partial charge in [0.15, 0.2) is 0 Å². The van der Waals surface area contributed by atoms with Crippen molar-refractivity contribution in [2.24, 2.45) is 0 Å². The molecule has 2 atom stereocenters. The van der Waals surface area contributed by atoms with Crippen LogP contribution < -0.4 is 5.32 Å². The van der Waals surface area contributed by atoms with Crippen molar-refractivity contribution in [2.45, 2.75) is 39.1 Å². The SMILES string of the molecule is CC(=O)NC(C(=O)N1CCN(Cc2ccccc2)CC1)C(C)OCc1ccccc1. The van der Waals surface area contributed by atoms with Crippen LogP contribution in [-0.2, 0) is 27.5 Å². The predicted molar refractivity (Wildman–Crippen MR) is 117 cm³/mol. The number of ether oxygens (including phenoxy) is 1. The highest BCUT2D eigenvalue weighted by Gasteiger charge is 2.32. The second-order valence-corrected chi connectivity index (χ2v) is 7.77. The van der Waals surface area contributed by atoms with Crippen LogP contribution >= 0.6 is 0 Å². The molecule has 6 heteroatoms. The normalized spacial score (nSPS) is 16.7. The molecule has 1 fully saturated rings. The van der Waals surface area contributed by atoms with Gasteiger partial charge in [-0.05, 0) is 18.1 Å². The maximum Gasteiger partial charge on any atom is 0.247 e. The maximum atomic E-state index is 13.2. The molecule has 3 rings (SSSR count). The van der Waals surface area contributed by atoms with Crippen LogP contribution in [0, 0.1) is 0 Å². The number of benzene rings is 2. The van der Waals surface area contributed by atoms with E-state index in [4.69, 9.17) is 4.74 Å². The molecule has 0 aromatic heterocycles. The topological polar surface area (TPSA) is 61.9 Å². The molecule has 2 aromatic rings. The standard InChI is InChI=1S/C24H31N3O3/c1-19(30-18-22-11-7-4-8-12-22)23(25-20(2)28)24(29)27-15-13-26(14-16-27)17-21-9-5-3-6-10-21/h3-12,19,23H,13-18H2,1-2H3,(H,25,28). The van der Waals surface area contributed by atoms with E-state index in [0.29, 0.717) is 19.7 Å². The summed E-state index contributed by atoms with van der Waals surface area (Å²) in [5, 5.41) is 2.80. The van der Waals surface area contributed by atoms with Crippen LogP contribution in [-0.4, -0.2) is 59.9 Å². The summed E-state index contributed by atoms with van der Waals surface area (Å²) in [4.78, 5) is 29.1. The van der Waals surface area contributed by atoms with Gasteiger partial charge in [0, 0.05) is 39.6 Å². The Labute approximate surface area is 178 Å². The second kappa shape index (κ2) is 10.9. The van der Waals surface area contributed by atoms with Gasteiger partial charge in [-0.1, -0.05) is 60.7 Å². The first-order valence-electron chi connectivity index (χ1n) is 10.5. The van der Waals surface area contributed by atoms with Crippen LogP contribution in [0.25, 0.3) is 0 Å². The molecule has 0 bridgehead atoms. The lowest BCUT2D eigenvalue weighted by molar-refractivity contribution is -0.142. The molecule has 6 nitrogen and oxygen atoms in total. The number of carbonyl (C=O) groups excluding carboxylic acids is 2. The zero-order chi connectivity index (χ0) is 21.3. The van der Waals surface area contributed by atoms with Gasteiger partial charge in [0.1, 0.15) is 6.04 Å². The Morgan fingerprint density at radius 3 is 2.07 bits per heavy atom. The molecule has 2 amide bonds. The zero-order valence-corrected chi connectivity index (χ0v) is 17.8. The van der Waals surface area contributed by atoms with Crippen molar-refractivity contribution in [3.05, 3.63) is 71.8 Å². The van der Waals surface area contributed by atoms with Crippen LogP contribution in [0.15, 0.2) is 60.7 Å². The molecule has 0 spiro atoms. The molecule has 1 aliphatic rings. The molecule has 2 aromatic carbocycles. The molecule has 1 N–H and O–H groups in total. The number of carbonyl (C=O) groups is 2. The van der Waals surface area contributed by atoms with E-state index in [1.54, 1.807) is 0 Å². The molecular formula is C24H31N3O3. The van der Waals surface area contributed by atoms with Gasteiger partial charge in [-0.15, -0.1) is 0 Å². The van der Waals surface area contributed by atoms with Gasteiger partial charge in [0.2, 0.25) is 11.8 Å². The maximum absolute atomic E-state index is 13.2. The molecule has 1 heterocycles. The number of hydrogen-bond acceptors (Lipinski definition) is 4. The van der Waals surface area contributed by atoms with Gasteiger partial charge in [0.05, 0.1) is 12.7 Å². The van der Waals surface area contributed by atoms with Gasteiger partial charge in [0.25, 0.3) is 0 Å². The summed E-state index contributed by atoms with van der Waals surface area (Å²) in [7, 11) is 0. The number of hydrogen-bond donors (Lipinski definition) is 1. The number of nitrogens with zero attached hydrogens (tertiary/aromatic N) is 2.